The van der Waals surface area contributed by atoms with Gasteiger partial charge in [0.1, 0.15) is 5.82 Å². The Morgan fingerprint density at radius 3 is 2.91 bits per heavy atom. The molecule has 1 saturated heterocycles. The van der Waals surface area contributed by atoms with E-state index in [1.54, 1.807) is 6.07 Å². The van der Waals surface area contributed by atoms with Crippen LogP contribution in [0, 0.1) is 11.3 Å². The monoisotopic (exact) mass is 312 g/mol. The van der Waals surface area contributed by atoms with Gasteiger partial charge >= 0.3 is 0 Å². The fourth-order valence-corrected chi connectivity index (χ4v) is 2.73. The van der Waals surface area contributed by atoms with E-state index in [9.17, 15) is 10.4 Å². The summed E-state index contributed by atoms with van der Waals surface area (Å²) in [4.78, 5) is 6.68. The van der Waals surface area contributed by atoms with Crippen molar-refractivity contribution in [2.75, 3.05) is 44.7 Å². The van der Waals surface area contributed by atoms with Gasteiger partial charge in [-0.05, 0) is 12.1 Å². The van der Waals surface area contributed by atoms with E-state index in [1.165, 1.54) is 0 Å². The van der Waals surface area contributed by atoms with Crippen molar-refractivity contribution in [1.29, 1.82) is 5.26 Å². The third-order valence-corrected chi connectivity index (χ3v) is 3.93. The number of para-hydroxylation sites is 1. The molecule has 23 heavy (non-hydrogen) atoms. The second kappa shape index (κ2) is 7.38. The number of nitriles is 1. The summed E-state index contributed by atoms with van der Waals surface area (Å²) in [5.74, 6) is 0.612. The molecule has 2 heterocycles. The number of nitrogens with zero attached hydrogens (tertiary/aromatic N) is 3. The molecule has 120 valence electrons. The van der Waals surface area contributed by atoms with Gasteiger partial charge in [-0.15, -0.1) is 0 Å². The lowest BCUT2D eigenvalue weighted by Gasteiger charge is -2.28. The first kappa shape index (κ1) is 15.7. The number of anilines is 1. The van der Waals surface area contributed by atoms with E-state index in [2.05, 4.69) is 21.3 Å². The van der Waals surface area contributed by atoms with Crippen molar-refractivity contribution in [3.05, 3.63) is 35.9 Å². The van der Waals surface area contributed by atoms with Crippen LogP contribution in [0.5, 0.6) is 0 Å². The zero-order valence-electron chi connectivity index (χ0n) is 12.9. The fourth-order valence-electron chi connectivity index (χ4n) is 2.73. The summed E-state index contributed by atoms with van der Waals surface area (Å²) in [5.41, 5.74) is 1.36. The fraction of sp³-hybridized carbons (Fsp3) is 0.412. The lowest BCUT2D eigenvalue weighted by molar-refractivity contribution is 0.0171. The number of aliphatic hydroxyl groups excluding tert-OH is 1. The smallest absolute Gasteiger partial charge is 0.128 e. The van der Waals surface area contributed by atoms with Gasteiger partial charge in [0.25, 0.3) is 0 Å². The number of nitrogens with one attached hydrogen (secondary N) is 1. The van der Waals surface area contributed by atoms with Crippen LogP contribution in [0.2, 0.25) is 0 Å². The minimum atomic E-state index is -0.494. The molecule has 6 nitrogen and oxygen atoms in total. The molecule has 0 saturated carbocycles. The van der Waals surface area contributed by atoms with Crippen molar-refractivity contribution in [2.45, 2.75) is 6.10 Å². The number of hydrogen-bond donors (Lipinski definition) is 2. The van der Waals surface area contributed by atoms with Crippen LogP contribution >= 0.6 is 0 Å². The van der Waals surface area contributed by atoms with Crippen LogP contribution in [0.15, 0.2) is 30.3 Å². The first-order chi connectivity index (χ1) is 11.3. The second-order valence-electron chi connectivity index (χ2n) is 5.63. The summed E-state index contributed by atoms with van der Waals surface area (Å²) in [5, 5.41) is 23.4. The molecule has 3 rings (SSSR count). The van der Waals surface area contributed by atoms with Crippen molar-refractivity contribution in [1.82, 2.24) is 9.88 Å². The van der Waals surface area contributed by atoms with Crippen LogP contribution < -0.4 is 5.32 Å². The predicted molar refractivity (Wildman–Crippen MR) is 88.2 cm³/mol. The lowest BCUT2D eigenvalue weighted by Crippen LogP contribution is -2.42. The molecule has 1 aliphatic rings. The van der Waals surface area contributed by atoms with Crippen molar-refractivity contribution >= 4 is 16.7 Å². The number of fused-ring (bicyclic) bond motifs is 1. The molecule has 1 unspecified atom stereocenters. The summed E-state index contributed by atoms with van der Waals surface area (Å²) in [6.07, 6.45) is -0.494. The minimum Gasteiger partial charge on any atom is -0.390 e. The van der Waals surface area contributed by atoms with Gasteiger partial charge in [0.2, 0.25) is 0 Å². The number of β-amino-alcohol motifs (C(OH)–C–C–N with tert-alkyl or cyclic N) is 1. The van der Waals surface area contributed by atoms with E-state index in [0.717, 1.165) is 37.2 Å². The molecule has 1 aromatic heterocycles. The van der Waals surface area contributed by atoms with E-state index in [0.29, 0.717) is 24.5 Å². The van der Waals surface area contributed by atoms with Crippen LogP contribution in [0.3, 0.4) is 0 Å². The first-order valence-corrected chi connectivity index (χ1v) is 7.78. The Labute approximate surface area is 135 Å². The number of ether oxygens (including phenoxy) is 1. The highest BCUT2D eigenvalue weighted by atomic mass is 16.5. The average Bonchev–Trinajstić information content (AvgIpc) is 2.60. The Morgan fingerprint density at radius 2 is 2.13 bits per heavy atom. The molecule has 0 amide bonds. The minimum absolute atomic E-state index is 0.396. The molecule has 1 atom stereocenters. The largest absolute Gasteiger partial charge is 0.390 e. The normalized spacial score (nSPS) is 16.9. The Hall–Kier alpha value is -2.20. The number of hydrogen-bond acceptors (Lipinski definition) is 6. The van der Waals surface area contributed by atoms with Crippen LogP contribution in [0.4, 0.5) is 5.82 Å². The highest BCUT2D eigenvalue weighted by Gasteiger charge is 2.15. The maximum Gasteiger partial charge on any atom is 0.128 e. The Kier molecular flexibility index (Phi) is 5.03. The van der Waals surface area contributed by atoms with Gasteiger partial charge in [0.05, 0.1) is 36.5 Å². The van der Waals surface area contributed by atoms with Gasteiger partial charge in [-0.3, -0.25) is 4.90 Å². The second-order valence-corrected chi connectivity index (χ2v) is 5.63. The maximum atomic E-state index is 10.2. The van der Waals surface area contributed by atoms with Gasteiger partial charge in [-0.2, -0.15) is 5.26 Å². The molecular formula is C17H20N4O2. The van der Waals surface area contributed by atoms with E-state index >= 15 is 0 Å². The van der Waals surface area contributed by atoms with Crippen LogP contribution in [0.25, 0.3) is 10.9 Å². The van der Waals surface area contributed by atoms with Crippen molar-refractivity contribution in [2.24, 2.45) is 0 Å². The number of aliphatic hydroxyl groups is 1. The number of pyridine rings is 1. The van der Waals surface area contributed by atoms with Gasteiger partial charge in [0.15, 0.2) is 0 Å². The molecule has 2 aromatic rings. The summed E-state index contributed by atoms with van der Waals surface area (Å²) >= 11 is 0. The van der Waals surface area contributed by atoms with E-state index in [1.807, 2.05) is 24.3 Å². The highest BCUT2D eigenvalue weighted by molar-refractivity contribution is 5.86. The first-order valence-electron chi connectivity index (χ1n) is 7.78. The third-order valence-electron chi connectivity index (χ3n) is 3.93. The number of benzene rings is 1. The molecule has 1 aliphatic heterocycles. The number of morpholine rings is 1. The molecule has 1 fully saturated rings. The van der Waals surface area contributed by atoms with Gasteiger partial charge in [-0.25, -0.2) is 4.98 Å². The van der Waals surface area contributed by atoms with Crippen molar-refractivity contribution in [3.8, 4) is 6.07 Å². The zero-order valence-corrected chi connectivity index (χ0v) is 12.9. The molecule has 6 heteroatoms. The molecule has 0 aliphatic carbocycles. The van der Waals surface area contributed by atoms with Crippen LogP contribution in [-0.4, -0.2) is 60.5 Å². The maximum absolute atomic E-state index is 10.2. The highest BCUT2D eigenvalue weighted by Crippen LogP contribution is 2.19. The number of aromatic nitrogens is 1. The molecule has 0 spiro atoms. The molecule has 1 aromatic carbocycles. The Morgan fingerprint density at radius 1 is 1.35 bits per heavy atom. The average molecular weight is 312 g/mol. The molecule has 0 bridgehead atoms. The van der Waals surface area contributed by atoms with E-state index < -0.39 is 6.10 Å². The summed E-state index contributed by atoms with van der Waals surface area (Å²) in [6.45, 7) is 4.15. The van der Waals surface area contributed by atoms with Gasteiger partial charge in [0, 0.05) is 31.6 Å². The van der Waals surface area contributed by atoms with Gasteiger partial charge < -0.3 is 15.2 Å². The third kappa shape index (κ3) is 3.96. The standard InChI is InChI=1S/C17H20N4O2/c18-10-13-9-17(20-16-4-2-1-3-15(13)16)19-11-14(22)12-21-5-7-23-8-6-21/h1-4,9,14,22H,5-8,11-12H2,(H,19,20). The zero-order chi connectivity index (χ0) is 16.1. The van der Waals surface area contributed by atoms with Crippen molar-refractivity contribution < 1.29 is 9.84 Å². The molecular weight excluding hydrogens is 292 g/mol. The topological polar surface area (TPSA) is 81.4 Å². The molecule has 0 radical (unpaired) electrons. The lowest BCUT2D eigenvalue weighted by atomic mass is 10.1. The SMILES string of the molecule is N#Cc1cc(NCC(O)CN2CCOCC2)nc2ccccc12. The summed E-state index contributed by atoms with van der Waals surface area (Å²) < 4.78 is 5.30. The summed E-state index contributed by atoms with van der Waals surface area (Å²) in [7, 11) is 0. The molecule has 2 N–H and O–H groups in total. The van der Waals surface area contributed by atoms with Crippen molar-refractivity contribution in [3.63, 3.8) is 0 Å². The summed E-state index contributed by atoms with van der Waals surface area (Å²) in [6, 6.07) is 11.5. The number of rotatable bonds is 5. The van der Waals surface area contributed by atoms with Crippen LogP contribution in [0.1, 0.15) is 5.56 Å². The predicted octanol–water partition coefficient (Wildman–Crippen LogP) is 1.21. The van der Waals surface area contributed by atoms with E-state index in [-0.39, 0.29) is 0 Å². The van der Waals surface area contributed by atoms with E-state index in [4.69, 9.17) is 4.74 Å². The van der Waals surface area contributed by atoms with Gasteiger partial charge in [-0.1, -0.05) is 18.2 Å². The quantitative estimate of drug-likeness (QED) is 0.864. The van der Waals surface area contributed by atoms with Crippen LogP contribution in [-0.2, 0) is 4.74 Å². The Balaban J connectivity index is 1.63. The Bertz CT molecular complexity index is 707.